The van der Waals surface area contributed by atoms with Gasteiger partial charge < -0.3 is 15.1 Å². The summed E-state index contributed by atoms with van der Waals surface area (Å²) in [5, 5.41) is 3.37. The Kier molecular flexibility index (Phi) is 5.23. The maximum absolute atomic E-state index is 3.37. The fourth-order valence-electron chi connectivity index (χ4n) is 2.70. The highest BCUT2D eigenvalue weighted by Gasteiger charge is 2.21. The third-order valence-corrected chi connectivity index (χ3v) is 4.01. The van der Waals surface area contributed by atoms with Crippen molar-refractivity contribution in [2.24, 2.45) is 0 Å². The van der Waals surface area contributed by atoms with Crippen LogP contribution >= 0.6 is 0 Å². The minimum atomic E-state index is 0.690. The van der Waals surface area contributed by atoms with E-state index >= 15 is 0 Å². The lowest BCUT2D eigenvalue weighted by Crippen LogP contribution is -2.45. The van der Waals surface area contributed by atoms with E-state index in [4.69, 9.17) is 0 Å². The quantitative estimate of drug-likeness (QED) is 0.877. The monoisotopic (exact) mass is 261 g/mol. The molecule has 106 valence electrons. The van der Waals surface area contributed by atoms with Crippen molar-refractivity contribution >= 4 is 5.69 Å². The van der Waals surface area contributed by atoms with Gasteiger partial charge in [-0.25, -0.2) is 0 Å². The predicted molar refractivity (Wildman–Crippen MR) is 82.7 cm³/mol. The summed E-state index contributed by atoms with van der Waals surface area (Å²) in [7, 11) is 4.38. The van der Waals surface area contributed by atoms with Crippen LogP contribution in [0.3, 0.4) is 0 Å². The molecule has 0 saturated carbocycles. The van der Waals surface area contributed by atoms with Gasteiger partial charge >= 0.3 is 0 Å². The molecule has 1 saturated heterocycles. The van der Waals surface area contributed by atoms with Gasteiger partial charge in [0.15, 0.2) is 0 Å². The molecule has 1 atom stereocenters. The van der Waals surface area contributed by atoms with Crippen LogP contribution in [0, 0.1) is 0 Å². The summed E-state index contributed by atoms with van der Waals surface area (Å²) in [6.07, 6.45) is 2.62. The molecule has 0 radical (unpaired) electrons. The van der Waals surface area contributed by atoms with Gasteiger partial charge in [-0.3, -0.25) is 0 Å². The van der Waals surface area contributed by atoms with Crippen LogP contribution in [-0.4, -0.2) is 44.7 Å². The molecule has 0 aromatic heterocycles. The summed E-state index contributed by atoms with van der Waals surface area (Å²) in [5.74, 6) is 0. The third-order valence-electron chi connectivity index (χ3n) is 4.01. The smallest absolute Gasteiger partial charge is 0.0366 e. The van der Waals surface area contributed by atoms with Crippen LogP contribution in [0.2, 0.25) is 0 Å². The van der Waals surface area contributed by atoms with Crippen molar-refractivity contribution in [2.75, 3.05) is 38.6 Å². The second-order valence-corrected chi connectivity index (χ2v) is 5.65. The fraction of sp³-hybridized carbons (Fsp3) is 0.625. The van der Waals surface area contributed by atoms with Crippen LogP contribution < -0.4 is 10.2 Å². The van der Waals surface area contributed by atoms with E-state index < -0.39 is 0 Å². The van der Waals surface area contributed by atoms with Crippen LogP contribution in [0.25, 0.3) is 0 Å². The molecule has 3 heteroatoms. The Morgan fingerprint density at radius 1 is 1.26 bits per heavy atom. The molecule has 3 nitrogen and oxygen atoms in total. The lowest BCUT2D eigenvalue weighted by Gasteiger charge is -2.37. The Morgan fingerprint density at radius 2 is 2.00 bits per heavy atom. The largest absolute Gasteiger partial charge is 0.370 e. The van der Waals surface area contributed by atoms with Gasteiger partial charge in [-0.05, 0) is 51.2 Å². The van der Waals surface area contributed by atoms with E-state index in [0.717, 1.165) is 19.6 Å². The van der Waals surface area contributed by atoms with Crippen molar-refractivity contribution < 1.29 is 0 Å². The van der Waals surface area contributed by atoms with Crippen LogP contribution in [0.1, 0.15) is 25.3 Å². The summed E-state index contributed by atoms with van der Waals surface area (Å²) in [6.45, 7) is 6.48. The SMILES string of the molecule is CCNCc1ccc(N2CCCC(N(C)C)C2)cc1. The summed E-state index contributed by atoms with van der Waals surface area (Å²) >= 11 is 0. The maximum Gasteiger partial charge on any atom is 0.0366 e. The molecule has 0 spiro atoms. The Morgan fingerprint density at radius 3 is 2.63 bits per heavy atom. The topological polar surface area (TPSA) is 18.5 Å². The highest BCUT2D eigenvalue weighted by molar-refractivity contribution is 5.48. The van der Waals surface area contributed by atoms with Gasteiger partial charge in [-0.1, -0.05) is 19.1 Å². The lowest BCUT2D eigenvalue weighted by atomic mass is 10.0. The minimum absolute atomic E-state index is 0.690. The van der Waals surface area contributed by atoms with Crippen LogP contribution in [0.4, 0.5) is 5.69 Å². The normalized spacial score (nSPS) is 20.0. The fourth-order valence-corrected chi connectivity index (χ4v) is 2.70. The molecule has 2 rings (SSSR count). The molecule has 1 aromatic rings. The molecule has 1 aromatic carbocycles. The average molecular weight is 261 g/mol. The van der Waals surface area contributed by atoms with E-state index in [2.05, 4.69) is 60.4 Å². The van der Waals surface area contributed by atoms with E-state index in [-0.39, 0.29) is 0 Å². The Labute approximate surface area is 117 Å². The first kappa shape index (κ1) is 14.4. The van der Waals surface area contributed by atoms with E-state index in [0.29, 0.717) is 6.04 Å². The van der Waals surface area contributed by atoms with Gasteiger partial charge in [0.05, 0.1) is 0 Å². The Balaban J connectivity index is 1.97. The van der Waals surface area contributed by atoms with Crippen molar-refractivity contribution in [2.45, 2.75) is 32.4 Å². The Bertz CT molecular complexity index is 372. The number of nitrogens with zero attached hydrogens (tertiary/aromatic N) is 2. The number of rotatable bonds is 5. The van der Waals surface area contributed by atoms with Gasteiger partial charge in [-0.15, -0.1) is 0 Å². The number of hydrogen-bond donors (Lipinski definition) is 1. The van der Waals surface area contributed by atoms with Crippen LogP contribution in [-0.2, 0) is 6.54 Å². The molecule has 1 aliphatic heterocycles. The lowest BCUT2D eigenvalue weighted by molar-refractivity contribution is 0.258. The number of piperidine rings is 1. The van der Waals surface area contributed by atoms with Gasteiger partial charge in [0.2, 0.25) is 0 Å². The second-order valence-electron chi connectivity index (χ2n) is 5.65. The van der Waals surface area contributed by atoms with E-state index in [1.54, 1.807) is 0 Å². The van der Waals surface area contributed by atoms with Crippen LogP contribution in [0.15, 0.2) is 24.3 Å². The molecule has 1 fully saturated rings. The first-order chi connectivity index (χ1) is 9.20. The molecule has 1 heterocycles. The standard InChI is InChI=1S/C16H27N3/c1-4-17-12-14-7-9-15(10-8-14)19-11-5-6-16(13-19)18(2)3/h7-10,16-17H,4-6,11-13H2,1-3H3. The van der Waals surface area contributed by atoms with Crippen LogP contribution in [0.5, 0.6) is 0 Å². The number of benzene rings is 1. The van der Waals surface area contributed by atoms with Crippen molar-refractivity contribution in [3.05, 3.63) is 29.8 Å². The molecule has 0 bridgehead atoms. The number of hydrogen-bond acceptors (Lipinski definition) is 3. The molecule has 1 N–H and O–H groups in total. The highest BCUT2D eigenvalue weighted by Crippen LogP contribution is 2.22. The Hall–Kier alpha value is -1.06. The second kappa shape index (κ2) is 6.92. The first-order valence-corrected chi connectivity index (χ1v) is 7.41. The van der Waals surface area contributed by atoms with Gasteiger partial charge in [0.25, 0.3) is 0 Å². The summed E-state index contributed by atoms with van der Waals surface area (Å²) < 4.78 is 0. The molecule has 1 aliphatic rings. The van der Waals surface area contributed by atoms with E-state index in [1.807, 2.05) is 0 Å². The maximum atomic E-state index is 3.37. The molecule has 1 unspecified atom stereocenters. The zero-order valence-electron chi connectivity index (χ0n) is 12.5. The van der Waals surface area contributed by atoms with E-state index in [1.165, 1.54) is 30.6 Å². The zero-order chi connectivity index (χ0) is 13.7. The van der Waals surface area contributed by atoms with Crippen molar-refractivity contribution in [3.8, 4) is 0 Å². The highest BCUT2D eigenvalue weighted by atomic mass is 15.2. The van der Waals surface area contributed by atoms with Crippen molar-refractivity contribution in [1.29, 1.82) is 0 Å². The van der Waals surface area contributed by atoms with Gasteiger partial charge in [-0.2, -0.15) is 0 Å². The number of likely N-dealkylation sites (N-methyl/N-ethyl adjacent to an activating group) is 1. The number of nitrogens with one attached hydrogen (secondary N) is 1. The molecule has 19 heavy (non-hydrogen) atoms. The van der Waals surface area contributed by atoms with E-state index in [9.17, 15) is 0 Å². The molecule has 0 aliphatic carbocycles. The van der Waals surface area contributed by atoms with Crippen molar-refractivity contribution in [3.63, 3.8) is 0 Å². The van der Waals surface area contributed by atoms with Crippen molar-refractivity contribution in [1.82, 2.24) is 10.2 Å². The average Bonchev–Trinajstić information content (AvgIpc) is 2.46. The summed E-state index contributed by atoms with van der Waals surface area (Å²) in [5.41, 5.74) is 2.73. The third kappa shape index (κ3) is 3.95. The molecule has 0 amide bonds. The summed E-state index contributed by atoms with van der Waals surface area (Å²) in [4.78, 5) is 4.87. The summed E-state index contributed by atoms with van der Waals surface area (Å²) in [6, 6.07) is 9.72. The predicted octanol–water partition coefficient (Wildman–Crippen LogP) is 2.33. The number of anilines is 1. The minimum Gasteiger partial charge on any atom is -0.370 e. The molecular formula is C16H27N3. The zero-order valence-corrected chi connectivity index (χ0v) is 12.5. The first-order valence-electron chi connectivity index (χ1n) is 7.41. The van der Waals surface area contributed by atoms with Gasteiger partial charge in [0, 0.05) is 31.4 Å². The molecular weight excluding hydrogens is 234 g/mol. The van der Waals surface area contributed by atoms with Gasteiger partial charge in [0.1, 0.15) is 0 Å².